The number of rotatable bonds is 3. The highest BCUT2D eigenvalue weighted by Gasteiger charge is 2.14. The van der Waals surface area contributed by atoms with Gasteiger partial charge in [-0.1, -0.05) is 5.16 Å². The number of hydrogen-bond acceptors (Lipinski definition) is 7. The van der Waals surface area contributed by atoms with Crippen LogP contribution < -0.4 is 5.32 Å². The predicted octanol–water partition coefficient (Wildman–Crippen LogP) is 0.322. The van der Waals surface area contributed by atoms with Crippen molar-refractivity contribution in [3.8, 4) is 11.5 Å². The predicted molar refractivity (Wildman–Crippen MR) is 68.1 cm³/mol. The fourth-order valence-corrected chi connectivity index (χ4v) is 2.10. The SMILES string of the molecule is c1cc(-c2noc(CN3CCCNCC3)n2)ncn1. The van der Waals surface area contributed by atoms with Crippen LogP contribution >= 0.6 is 0 Å². The normalized spacial score (nSPS) is 17.3. The highest BCUT2D eigenvalue weighted by atomic mass is 16.5. The summed E-state index contributed by atoms with van der Waals surface area (Å²) in [5, 5.41) is 7.33. The van der Waals surface area contributed by atoms with Crippen LogP contribution in [-0.4, -0.2) is 51.2 Å². The molecule has 0 saturated carbocycles. The van der Waals surface area contributed by atoms with Gasteiger partial charge in [-0.2, -0.15) is 4.98 Å². The Morgan fingerprint density at radius 3 is 3.21 bits per heavy atom. The Morgan fingerprint density at radius 1 is 1.32 bits per heavy atom. The minimum absolute atomic E-state index is 0.519. The van der Waals surface area contributed by atoms with Crippen molar-refractivity contribution in [2.45, 2.75) is 13.0 Å². The fourth-order valence-electron chi connectivity index (χ4n) is 2.10. The smallest absolute Gasteiger partial charge is 0.241 e. The molecule has 1 fully saturated rings. The van der Waals surface area contributed by atoms with Gasteiger partial charge in [0.1, 0.15) is 12.0 Å². The molecule has 0 aromatic carbocycles. The lowest BCUT2D eigenvalue weighted by molar-refractivity contribution is 0.239. The third kappa shape index (κ3) is 3.12. The van der Waals surface area contributed by atoms with Crippen molar-refractivity contribution in [1.29, 1.82) is 0 Å². The molecule has 1 N–H and O–H groups in total. The van der Waals surface area contributed by atoms with E-state index in [2.05, 4.69) is 30.3 Å². The number of nitrogens with one attached hydrogen (secondary N) is 1. The Labute approximate surface area is 111 Å². The molecule has 0 amide bonds. The zero-order valence-corrected chi connectivity index (χ0v) is 10.6. The molecule has 0 unspecified atom stereocenters. The second-order valence-corrected chi connectivity index (χ2v) is 4.49. The van der Waals surface area contributed by atoms with Gasteiger partial charge in [0.15, 0.2) is 0 Å². The quantitative estimate of drug-likeness (QED) is 0.851. The molecule has 0 aliphatic carbocycles. The van der Waals surface area contributed by atoms with Crippen LogP contribution in [0.2, 0.25) is 0 Å². The van der Waals surface area contributed by atoms with E-state index in [1.165, 1.54) is 6.33 Å². The third-order valence-electron chi connectivity index (χ3n) is 3.07. The summed E-state index contributed by atoms with van der Waals surface area (Å²) in [6, 6.07) is 1.77. The van der Waals surface area contributed by atoms with Crippen LogP contribution in [0.25, 0.3) is 11.5 Å². The topological polar surface area (TPSA) is 80.0 Å². The van der Waals surface area contributed by atoms with Crippen molar-refractivity contribution in [3.05, 3.63) is 24.5 Å². The molecule has 100 valence electrons. The van der Waals surface area contributed by atoms with Crippen LogP contribution in [0.15, 0.2) is 23.1 Å². The second-order valence-electron chi connectivity index (χ2n) is 4.49. The second kappa shape index (κ2) is 5.85. The van der Waals surface area contributed by atoms with Crippen LogP contribution in [0.1, 0.15) is 12.3 Å². The van der Waals surface area contributed by atoms with E-state index in [4.69, 9.17) is 4.52 Å². The van der Waals surface area contributed by atoms with Crippen molar-refractivity contribution in [2.75, 3.05) is 26.2 Å². The molecule has 1 aliphatic heterocycles. The summed E-state index contributed by atoms with van der Waals surface area (Å²) in [4.78, 5) is 14.7. The largest absolute Gasteiger partial charge is 0.337 e. The number of hydrogen-bond donors (Lipinski definition) is 1. The summed E-state index contributed by atoms with van der Waals surface area (Å²) in [6.45, 7) is 4.84. The molecule has 3 rings (SSSR count). The Hall–Kier alpha value is -1.86. The van der Waals surface area contributed by atoms with Gasteiger partial charge < -0.3 is 9.84 Å². The molecule has 1 aliphatic rings. The summed E-state index contributed by atoms with van der Waals surface area (Å²) < 4.78 is 5.28. The first-order valence-electron chi connectivity index (χ1n) is 6.44. The first-order valence-corrected chi connectivity index (χ1v) is 6.44. The lowest BCUT2D eigenvalue weighted by atomic mass is 10.4. The molecule has 7 heteroatoms. The molecule has 0 spiro atoms. The van der Waals surface area contributed by atoms with Crippen molar-refractivity contribution in [3.63, 3.8) is 0 Å². The number of nitrogens with zero attached hydrogens (tertiary/aromatic N) is 5. The Bertz CT molecular complexity index is 506. The third-order valence-corrected chi connectivity index (χ3v) is 3.07. The standard InChI is InChI=1S/C12H16N6O/c1-3-13-5-7-18(6-1)8-11-16-12(17-19-11)10-2-4-14-9-15-10/h2,4,9,13H,1,3,5-8H2. The maximum Gasteiger partial charge on any atom is 0.241 e. The zero-order valence-electron chi connectivity index (χ0n) is 10.6. The number of aromatic nitrogens is 4. The Kier molecular flexibility index (Phi) is 3.75. The van der Waals surface area contributed by atoms with Crippen molar-refractivity contribution in [2.24, 2.45) is 0 Å². The van der Waals surface area contributed by atoms with Gasteiger partial charge in [-0.15, -0.1) is 0 Å². The van der Waals surface area contributed by atoms with Gasteiger partial charge >= 0.3 is 0 Å². The molecular weight excluding hydrogens is 244 g/mol. The maximum absolute atomic E-state index is 5.28. The molecule has 0 bridgehead atoms. The molecule has 7 nitrogen and oxygen atoms in total. The average molecular weight is 260 g/mol. The van der Waals surface area contributed by atoms with Crippen molar-refractivity contribution in [1.82, 2.24) is 30.3 Å². The van der Waals surface area contributed by atoms with Crippen LogP contribution in [-0.2, 0) is 6.54 Å². The summed E-state index contributed by atoms with van der Waals surface area (Å²) >= 11 is 0. The molecule has 2 aromatic heterocycles. The van der Waals surface area contributed by atoms with Crippen molar-refractivity contribution >= 4 is 0 Å². The highest BCUT2D eigenvalue weighted by Crippen LogP contribution is 2.12. The summed E-state index contributed by atoms with van der Waals surface area (Å²) in [6.07, 6.45) is 4.29. The van der Waals surface area contributed by atoms with Crippen LogP contribution in [0.3, 0.4) is 0 Å². The zero-order chi connectivity index (χ0) is 12.9. The summed E-state index contributed by atoms with van der Waals surface area (Å²) in [5.74, 6) is 1.15. The lowest BCUT2D eigenvalue weighted by Crippen LogP contribution is -2.27. The molecule has 2 aromatic rings. The van der Waals surface area contributed by atoms with Crippen LogP contribution in [0.5, 0.6) is 0 Å². The first kappa shape index (κ1) is 12.2. The summed E-state index contributed by atoms with van der Waals surface area (Å²) in [5.41, 5.74) is 0.683. The van der Waals surface area contributed by atoms with Gasteiger partial charge in [-0.3, -0.25) is 4.90 Å². The fraction of sp³-hybridized carbons (Fsp3) is 0.500. The van der Waals surface area contributed by atoms with Gasteiger partial charge in [0, 0.05) is 19.3 Å². The molecule has 0 radical (unpaired) electrons. The Balaban J connectivity index is 1.68. The minimum atomic E-state index is 0.519. The van der Waals surface area contributed by atoms with E-state index < -0.39 is 0 Å². The maximum atomic E-state index is 5.28. The molecule has 1 saturated heterocycles. The monoisotopic (exact) mass is 260 g/mol. The van der Waals surface area contributed by atoms with Crippen LogP contribution in [0.4, 0.5) is 0 Å². The van der Waals surface area contributed by atoms with E-state index in [1.807, 2.05) is 0 Å². The lowest BCUT2D eigenvalue weighted by Gasteiger charge is -2.16. The van der Waals surface area contributed by atoms with Gasteiger partial charge in [0.2, 0.25) is 11.7 Å². The Morgan fingerprint density at radius 2 is 2.32 bits per heavy atom. The van der Waals surface area contributed by atoms with Gasteiger partial charge in [0.25, 0.3) is 0 Å². The molecular formula is C12H16N6O. The molecule has 0 atom stereocenters. The van der Waals surface area contributed by atoms with E-state index in [-0.39, 0.29) is 0 Å². The van der Waals surface area contributed by atoms with E-state index in [0.29, 0.717) is 24.0 Å². The van der Waals surface area contributed by atoms with E-state index >= 15 is 0 Å². The minimum Gasteiger partial charge on any atom is -0.337 e. The highest BCUT2D eigenvalue weighted by molar-refractivity contribution is 5.46. The average Bonchev–Trinajstić information content (AvgIpc) is 2.76. The van der Waals surface area contributed by atoms with Gasteiger partial charge in [-0.25, -0.2) is 9.97 Å². The van der Waals surface area contributed by atoms with Crippen LogP contribution in [0, 0.1) is 0 Å². The van der Waals surface area contributed by atoms with E-state index in [1.54, 1.807) is 12.3 Å². The molecule has 3 heterocycles. The van der Waals surface area contributed by atoms with Crippen molar-refractivity contribution < 1.29 is 4.52 Å². The van der Waals surface area contributed by atoms with E-state index in [0.717, 1.165) is 32.6 Å². The van der Waals surface area contributed by atoms with Gasteiger partial charge in [-0.05, 0) is 25.6 Å². The summed E-state index contributed by atoms with van der Waals surface area (Å²) in [7, 11) is 0. The molecule has 19 heavy (non-hydrogen) atoms. The van der Waals surface area contributed by atoms with E-state index in [9.17, 15) is 0 Å². The van der Waals surface area contributed by atoms with Gasteiger partial charge in [0.05, 0.1) is 6.54 Å². The first-order chi connectivity index (χ1) is 9.42.